The van der Waals surface area contributed by atoms with Gasteiger partial charge in [0.2, 0.25) is 5.91 Å². The van der Waals surface area contributed by atoms with E-state index >= 15 is 0 Å². The summed E-state index contributed by atoms with van der Waals surface area (Å²) < 4.78 is 5.32. The molecule has 1 saturated carbocycles. The van der Waals surface area contributed by atoms with Crippen LogP contribution in [0.4, 0.5) is 11.4 Å². The van der Waals surface area contributed by atoms with Crippen molar-refractivity contribution in [1.29, 1.82) is 0 Å². The molecule has 1 heterocycles. The van der Waals surface area contributed by atoms with E-state index in [2.05, 4.69) is 10.6 Å². The van der Waals surface area contributed by atoms with Gasteiger partial charge in [-0.05, 0) is 31.4 Å². The fourth-order valence-corrected chi connectivity index (χ4v) is 2.55. The summed E-state index contributed by atoms with van der Waals surface area (Å²) in [4.78, 5) is 37.0. The molecule has 7 nitrogen and oxygen atoms in total. The standard InChI is InChI=1S/C16H19N3O4/c1-23-13-9-11(18-16(22)15(21)17-10-4-5-10)6-7-12(13)19-8-2-3-14(19)20/h6-7,9-10H,2-5,8H2,1H3,(H,17,21)(H,18,22). The minimum atomic E-state index is -0.705. The summed E-state index contributed by atoms with van der Waals surface area (Å²) in [6.07, 6.45) is 3.20. The lowest BCUT2D eigenvalue weighted by molar-refractivity contribution is -0.136. The monoisotopic (exact) mass is 317 g/mol. The van der Waals surface area contributed by atoms with Crippen LogP contribution in [0.3, 0.4) is 0 Å². The number of carbonyl (C=O) groups is 3. The minimum absolute atomic E-state index is 0.0592. The van der Waals surface area contributed by atoms with Gasteiger partial charge in [0.15, 0.2) is 0 Å². The van der Waals surface area contributed by atoms with Crippen LogP contribution in [0.5, 0.6) is 5.75 Å². The fraction of sp³-hybridized carbons (Fsp3) is 0.438. The Morgan fingerprint density at radius 3 is 2.65 bits per heavy atom. The Labute approximate surface area is 134 Å². The number of ether oxygens (including phenoxy) is 1. The molecule has 1 aliphatic carbocycles. The Morgan fingerprint density at radius 1 is 1.26 bits per heavy atom. The van der Waals surface area contributed by atoms with Crippen LogP contribution < -0.4 is 20.3 Å². The Balaban J connectivity index is 1.72. The number of benzene rings is 1. The normalized spacial score (nSPS) is 17.1. The summed E-state index contributed by atoms with van der Waals surface area (Å²) in [5.74, 6) is -0.793. The molecule has 23 heavy (non-hydrogen) atoms. The number of carbonyl (C=O) groups excluding carboxylic acids is 3. The Kier molecular flexibility index (Phi) is 4.18. The van der Waals surface area contributed by atoms with Crippen LogP contribution in [0, 0.1) is 0 Å². The van der Waals surface area contributed by atoms with E-state index in [1.165, 1.54) is 7.11 Å². The van der Waals surface area contributed by atoms with Gasteiger partial charge in [-0.1, -0.05) is 0 Å². The van der Waals surface area contributed by atoms with Gasteiger partial charge in [-0.25, -0.2) is 0 Å². The highest BCUT2D eigenvalue weighted by Gasteiger charge is 2.27. The number of rotatable bonds is 4. The van der Waals surface area contributed by atoms with Crippen molar-refractivity contribution in [1.82, 2.24) is 5.32 Å². The lowest BCUT2D eigenvalue weighted by atomic mass is 10.2. The number of nitrogens with one attached hydrogen (secondary N) is 2. The van der Waals surface area contributed by atoms with Crippen LogP contribution in [0.25, 0.3) is 0 Å². The van der Waals surface area contributed by atoms with Crippen molar-refractivity contribution >= 4 is 29.1 Å². The van der Waals surface area contributed by atoms with E-state index in [1.54, 1.807) is 23.1 Å². The number of hydrogen-bond acceptors (Lipinski definition) is 4. The van der Waals surface area contributed by atoms with Crippen molar-refractivity contribution in [2.45, 2.75) is 31.7 Å². The number of methoxy groups -OCH3 is 1. The summed E-state index contributed by atoms with van der Waals surface area (Å²) in [5.41, 5.74) is 1.13. The smallest absolute Gasteiger partial charge is 0.313 e. The number of hydrogen-bond donors (Lipinski definition) is 2. The summed E-state index contributed by atoms with van der Waals surface area (Å²) in [6, 6.07) is 5.12. The second kappa shape index (κ2) is 6.28. The lowest BCUT2D eigenvalue weighted by Gasteiger charge is -2.19. The van der Waals surface area contributed by atoms with Crippen LogP contribution in [-0.2, 0) is 14.4 Å². The SMILES string of the molecule is COc1cc(NC(=O)C(=O)NC2CC2)ccc1N1CCCC1=O. The summed E-state index contributed by atoms with van der Waals surface area (Å²) >= 11 is 0. The highest BCUT2D eigenvalue weighted by molar-refractivity contribution is 6.39. The molecule has 0 aromatic heterocycles. The van der Waals surface area contributed by atoms with Gasteiger partial charge in [0, 0.05) is 30.8 Å². The first-order valence-electron chi connectivity index (χ1n) is 7.68. The van der Waals surface area contributed by atoms with E-state index in [0.717, 1.165) is 19.3 Å². The average Bonchev–Trinajstić information content (AvgIpc) is 3.26. The Hall–Kier alpha value is -2.57. The maximum atomic E-state index is 11.9. The van der Waals surface area contributed by atoms with Crippen molar-refractivity contribution < 1.29 is 19.1 Å². The molecule has 0 radical (unpaired) electrons. The zero-order valence-electron chi connectivity index (χ0n) is 12.9. The molecule has 0 bridgehead atoms. The van der Waals surface area contributed by atoms with Crippen LogP contribution >= 0.6 is 0 Å². The second-order valence-electron chi connectivity index (χ2n) is 5.74. The quantitative estimate of drug-likeness (QED) is 0.812. The second-order valence-corrected chi connectivity index (χ2v) is 5.74. The third-order valence-electron chi connectivity index (χ3n) is 3.92. The highest BCUT2D eigenvalue weighted by Crippen LogP contribution is 2.33. The van der Waals surface area contributed by atoms with Gasteiger partial charge in [-0.3, -0.25) is 14.4 Å². The Bertz CT molecular complexity index is 655. The fourth-order valence-electron chi connectivity index (χ4n) is 2.55. The number of amides is 3. The number of nitrogens with zero attached hydrogens (tertiary/aromatic N) is 1. The first kappa shape index (κ1) is 15.3. The average molecular weight is 317 g/mol. The van der Waals surface area contributed by atoms with Crippen molar-refractivity contribution in [3.8, 4) is 5.75 Å². The minimum Gasteiger partial charge on any atom is -0.494 e. The van der Waals surface area contributed by atoms with E-state index in [0.29, 0.717) is 30.1 Å². The predicted molar refractivity (Wildman–Crippen MR) is 84.4 cm³/mol. The first-order valence-corrected chi connectivity index (χ1v) is 7.68. The Morgan fingerprint density at radius 2 is 2.04 bits per heavy atom. The van der Waals surface area contributed by atoms with Crippen LogP contribution in [0.15, 0.2) is 18.2 Å². The maximum Gasteiger partial charge on any atom is 0.313 e. The zero-order chi connectivity index (χ0) is 16.4. The molecule has 2 aliphatic rings. The van der Waals surface area contributed by atoms with Gasteiger partial charge in [0.25, 0.3) is 0 Å². The van der Waals surface area contributed by atoms with Crippen molar-refractivity contribution in [2.24, 2.45) is 0 Å². The van der Waals surface area contributed by atoms with Crippen molar-refractivity contribution in [2.75, 3.05) is 23.9 Å². The lowest BCUT2D eigenvalue weighted by Crippen LogP contribution is -2.36. The van der Waals surface area contributed by atoms with Crippen LogP contribution in [0.2, 0.25) is 0 Å². The van der Waals surface area contributed by atoms with Gasteiger partial charge >= 0.3 is 11.8 Å². The summed E-state index contributed by atoms with van der Waals surface area (Å²) in [6.45, 7) is 0.657. The molecule has 0 atom stereocenters. The van der Waals surface area contributed by atoms with Gasteiger partial charge in [0.1, 0.15) is 5.75 Å². The van der Waals surface area contributed by atoms with E-state index in [9.17, 15) is 14.4 Å². The third kappa shape index (κ3) is 3.44. The molecule has 2 N–H and O–H groups in total. The van der Waals surface area contributed by atoms with Crippen LogP contribution in [0.1, 0.15) is 25.7 Å². The first-order chi connectivity index (χ1) is 11.1. The van der Waals surface area contributed by atoms with E-state index in [-0.39, 0.29) is 11.9 Å². The molecule has 1 aromatic rings. The number of anilines is 2. The largest absolute Gasteiger partial charge is 0.494 e. The summed E-state index contributed by atoms with van der Waals surface area (Å²) in [5, 5.41) is 5.17. The van der Waals surface area contributed by atoms with Crippen molar-refractivity contribution in [3.63, 3.8) is 0 Å². The molecule has 7 heteroatoms. The van der Waals surface area contributed by atoms with E-state index in [4.69, 9.17) is 4.74 Å². The maximum absolute atomic E-state index is 11.9. The topological polar surface area (TPSA) is 87.7 Å². The molecule has 1 saturated heterocycles. The zero-order valence-corrected chi connectivity index (χ0v) is 12.9. The van der Waals surface area contributed by atoms with Gasteiger partial charge < -0.3 is 20.3 Å². The third-order valence-corrected chi connectivity index (χ3v) is 3.92. The van der Waals surface area contributed by atoms with E-state index in [1.807, 2.05) is 0 Å². The molecule has 122 valence electrons. The van der Waals surface area contributed by atoms with E-state index < -0.39 is 11.8 Å². The van der Waals surface area contributed by atoms with Crippen molar-refractivity contribution in [3.05, 3.63) is 18.2 Å². The van der Waals surface area contributed by atoms with Gasteiger partial charge in [0.05, 0.1) is 12.8 Å². The molecular formula is C16H19N3O4. The molecular weight excluding hydrogens is 298 g/mol. The highest BCUT2D eigenvalue weighted by atomic mass is 16.5. The molecule has 3 amide bonds. The predicted octanol–water partition coefficient (Wildman–Crippen LogP) is 1.04. The summed E-state index contributed by atoms with van der Waals surface area (Å²) in [7, 11) is 1.50. The molecule has 1 aliphatic heterocycles. The van der Waals surface area contributed by atoms with Gasteiger partial charge in [-0.2, -0.15) is 0 Å². The molecule has 3 rings (SSSR count). The molecule has 1 aromatic carbocycles. The molecule has 0 unspecified atom stereocenters. The molecule has 2 fully saturated rings. The van der Waals surface area contributed by atoms with Gasteiger partial charge in [-0.15, -0.1) is 0 Å². The molecule has 0 spiro atoms. The van der Waals surface area contributed by atoms with Crippen LogP contribution in [-0.4, -0.2) is 37.4 Å².